The number of nitrogens with one attached hydrogen (secondary N) is 1. The molecular formula is C24H33N5O4. The maximum absolute atomic E-state index is 13.4. The van der Waals surface area contributed by atoms with Crippen LogP contribution in [0.1, 0.15) is 62.4 Å². The minimum Gasteiger partial charge on any atom is -0.383 e. The van der Waals surface area contributed by atoms with E-state index in [2.05, 4.69) is 4.98 Å². The van der Waals surface area contributed by atoms with Crippen molar-refractivity contribution in [2.75, 3.05) is 23.7 Å². The van der Waals surface area contributed by atoms with Crippen molar-refractivity contribution in [3.8, 4) is 0 Å². The first kappa shape index (κ1) is 24.3. The maximum atomic E-state index is 13.4. The molecule has 3 N–H and O–H groups in total. The lowest BCUT2D eigenvalue weighted by Crippen LogP contribution is -2.42. The van der Waals surface area contributed by atoms with Crippen molar-refractivity contribution in [3.05, 3.63) is 56.2 Å². The number of hydrogen-bond acceptors (Lipinski definition) is 5. The molecule has 1 aliphatic heterocycles. The number of aromatic nitrogens is 2. The number of H-pyrrole nitrogens is 1. The van der Waals surface area contributed by atoms with Crippen molar-refractivity contribution in [1.82, 2.24) is 14.5 Å². The minimum absolute atomic E-state index is 0.000407. The SMILES string of the molecule is CCCCN(C(=O)c1ccc(CN2CCCC2=O)cc1)c1c(N)n(CC(C)C)c(=O)[nH]c1=O. The lowest BCUT2D eigenvalue weighted by Gasteiger charge is -2.25. The summed E-state index contributed by atoms with van der Waals surface area (Å²) in [6, 6.07) is 7.05. The molecule has 0 radical (unpaired) electrons. The van der Waals surface area contributed by atoms with Crippen molar-refractivity contribution in [1.29, 1.82) is 0 Å². The molecule has 9 heteroatoms. The number of rotatable bonds is 9. The normalized spacial score (nSPS) is 13.7. The van der Waals surface area contributed by atoms with E-state index >= 15 is 0 Å². The van der Waals surface area contributed by atoms with Crippen LogP contribution in [0.25, 0.3) is 0 Å². The Morgan fingerprint density at radius 3 is 2.45 bits per heavy atom. The summed E-state index contributed by atoms with van der Waals surface area (Å²) in [5.74, 6) is -0.101. The number of anilines is 2. The fraction of sp³-hybridized carbons (Fsp3) is 0.500. The number of carbonyl (C=O) groups excluding carboxylic acids is 2. The molecule has 0 bridgehead atoms. The van der Waals surface area contributed by atoms with Crippen LogP contribution < -0.4 is 21.9 Å². The predicted molar refractivity (Wildman–Crippen MR) is 128 cm³/mol. The van der Waals surface area contributed by atoms with Crippen LogP contribution in [0.15, 0.2) is 33.9 Å². The van der Waals surface area contributed by atoms with E-state index in [9.17, 15) is 19.2 Å². The van der Waals surface area contributed by atoms with Gasteiger partial charge in [0.15, 0.2) is 5.69 Å². The van der Waals surface area contributed by atoms with Gasteiger partial charge >= 0.3 is 5.69 Å². The Morgan fingerprint density at radius 2 is 1.88 bits per heavy atom. The van der Waals surface area contributed by atoms with Gasteiger partial charge in [0.1, 0.15) is 5.82 Å². The van der Waals surface area contributed by atoms with Gasteiger partial charge in [-0.3, -0.25) is 23.9 Å². The van der Waals surface area contributed by atoms with Crippen molar-refractivity contribution < 1.29 is 9.59 Å². The molecule has 0 unspecified atom stereocenters. The molecule has 1 fully saturated rings. The summed E-state index contributed by atoms with van der Waals surface area (Å²) in [6.45, 7) is 7.75. The van der Waals surface area contributed by atoms with Gasteiger partial charge in [0, 0.05) is 38.2 Å². The summed E-state index contributed by atoms with van der Waals surface area (Å²) in [5, 5.41) is 0. The summed E-state index contributed by atoms with van der Waals surface area (Å²) >= 11 is 0. The number of hydrogen-bond donors (Lipinski definition) is 2. The molecule has 178 valence electrons. The van der Waals surface area contributed by atoms with Gasteiger partial charge in [-0.1, -0.05) is 39.3 Å². The van der Waals surface area contributed by atoms with Crippen LogP contribution >= 0.6 is 0 Å². The van der Waals surface area contributed by atoms with Gasteiger partial charge in [-0.25, -0.2) is 4.79 Å². The first-order valence-electron chi connectivity index (χ1n) is 11.5. The zero-order valence-electron chi connectivity index (χ0n) is 19.6. The van der Waals surface area contributed by atoms with Gasteiger partial charge in [0.05, 0.1) is 0 Å². The highest BCUT2D eigenvalue weighted by atomic mass is 16.2. The largest absolute Gasteiger partial charge is 0.383 e. The minimum atomic E-state index is -0.675. The van der Waals surface area contributed by atoms with Crippen LogP contribution in [0, 0.1) is 5.92 Å². The van der Waals surface area contributed by atoms with Crippen LogP contribution in [0.4, 0.5) is 11.5 Å². The molecule has 2 amide bonds. The van der Waals surface area contributed by atoms with Crippen LogP contribution in [0.5, 0.6) is 0 Å². The number of amides is 2. The average molecular weight is 456 g/mol. The van der Waals surface area contributed by atoms with Gasteiger partial charge in [-0.15, -0.1) is 0 Å². The summed E-state index contributed by atoms with van der Waals surface area (Å²) in [7, 11) is 0. The van der Waals surface area contributed by atoms with Crippen molar-refractivity contribution in [2.24, 2.45) is 5.92 Å². The number of likely N-dealkylation sites (tertiary alicyclic amines) is 1. The van der Waals surface area contributed by atoms with E-state index < -0.39 is 11.2 Å². The molecule has 1 aromatic carbocycles. The Kier molecular flexibility index (Phi) is 7.73. The van der Waals surface area contributed by atoms with E-state index in [-0.39, 0.29) is 29.2 Å². The average Bonchev–Trinajstić information content (AvgIpc) is 3.17. The summed E-state index contributed by atoms with van der Waals surface area (Å²) in [5.41, 5.74) is 6.34. The molecule has 2 heterocycles. The van der Waals surface area contributed by atoms with Gasteiger partial charge in [-0.2, -0.15) is 0 Å². The highest BCUT2D eigenvalue weighted by Gasteiger charge is 2.25. The summed E-state index contributed by atoms with van der Waals surface area (Å²) in [4.78, 5) is 55.9. The molecule has 3 rings (SSSR count). The molecule has 33 heavy (non-hydrogen) atoms. The summed E-state index contributed by atoms with van der Waals surface area (Å²) in [6.07, 6.45) is 2.94. The predicted octanol–water partition coefficient (Wildman–Crippen LogP) is 2.34. The number of carbonyl (C=O) groups is 2. The Labute approximate surface area is 193 Å². The third-order valence-electron chi connectivity index (χ3n) is 5.76. The Bertz CT molecular complexity index is 1120. The van der Waals surface area contributed by atoms with E-state index in [0.29, 0.717) is 38.0 Å². The number of aromatic amines is 1. The van der Waals surface area contributed by atoms with Crippen molar-refractivity contribution in [3.63, 3.8) is 0 Å². The Balaban J connectivity index is 1.93. The van der Waals surface area contributed by atoms with Crippen LogP contribution in [0.2, 0.25) is 0 Å². The highest BCUT2D eigenvalue weighted by Crippen LogP contribution is 2.22. The molecule has 0 aliphatic carbocycles. The molecule has 1 saturated heterocycles. The fourth-order valence-electron chi connectivity index (χ4n) is 4.02. The van der Waals surface area contributed by atoms with E-state index in [0.717, 1.165) is 24.9 Å². The number of nitrogens with zero attached hydrogens (tertiary/aromatic N) is 3. The number of unbranched alkanes of at least 4 members (excludes halogenated alkanes) is 1. The zero-order valence-corrected chi connectivity index (χ0v) is 19.6. The molecule has 1 aromatic heterocycles. The first-order chi connectivity index (χ1) is 15.7. The third-order valence-corrected chi connectivity index (χ3v) is 5.76. The lowest BCUT2D eigenvalue weighted by molar-refractivity contribution is -0.128. The van der Waals surface area contributed by atoms with E-state index in [1.807, 2.05) is 37.8 Å². The van der Waals surface area contributed by atoms with Crippen LogP contribution in [-0.2, 0) is 17.9 Å². The van der Waals surface area contributed by atoms with E-state index in [1.165, 1.54) is 9.47 Å². The van der Waals surface area contributed by atoms with Crippen molar-refractivity contribution >= 4 is 23.3 Å². The second-order valence-electron chi connectivity index (χ2n) is 8.92. The fourth-order valence-corrected chi connectivity index (χ4v) is 4.02. The van der Waals surface area contributed by atoms with Gasteiger partial charge in [0.2, 0.25) is 5.91 Å². The quantitative estimate of drug-likeness (QED) is 0.601. The Hall–Kier alpha value is -3.36. The molecule has 2 aromatic rings. The molecule has 0 atom stereocenters. The molecule has 0 saturated carbocycles. The summed E-state index contributed by atoms with van der Waals surface area (Å²) < 4.78 is 1.31. The number of benzene rings is 1. The van der Waals surface area contributed by atoms with Crippen LogP contribution in [0.3, 0.4) is 0 Å². The smallest absolute Gasteiger partial charge is 0.330 e. The van der Waals surface area contributed by atoms with Gasteiger partial charge in [-0.05, 0) is 36.5 Å². The second-order valence-corrected chi connectivity index (χ2v) is 8.92. The van der Waals surface area contributed by atoms with Crippen LogP contribution in [-0.4, -0.2) is 39.4 Å². The molecule has 1 aliphatic rings. The lowest BCUT2D eigenvalue weighted by atomic mass is 10.1. The topological polar surface area (TPSA) is 121 Å². The van der Waals surface area contributed by atoms with Crippen molar-refractivity contribution in [2.45, 2.75) is 59.5 Å². The Morgan fingerprint density at radius 1 is 1.18 bits per heavy atom. The van der Waals surface area contributed by atoms with E-state index in [4.69, 9.17) is 5.73 Å². The third kappa shape index (κ3) is 5.53. The van der Waals surface area contributed by atoms with Gasteiger partial charge in [0.25, 0.3) is 11.5 Å². The molecular weight excluding hydrogens is 422 g/mol. The maximum Gasteiger partial charge on any atom is 0.330 e. The number of nitrogens with two attached hydrogens (primary N) is 1. The molecule has 9 nitrogen and oxygen atoms in total. The second kappa shape index (κ2) is 10.5. The molecule has 0 spiro atoms. The number of nitrogen functional groups attached to an aromatic ring is 1. The van der Waals surface area contributed by atoms with E-state index in [1.54, 1.807) is 12.1 Å². The standard InChI is InChI=1S/C24H33N5O4/c1-4-5-13-28(20-21(25)29(14-16(2)3)24(33)26-22(20)31)23(32)18-10-8-17(9-11-18)15-27-12-6-7-19(27)30/h8-11,16H,4-7,12-15,25H2,1-3H3,(H,26,31,33). The van der Waals surface area contributed by atoms with Gasteiger partial charge < -0.3 is 15.5 Å². The monoisotopic (exact) mass is 455 g/mol. The first-order valence-corrected chi connectivity index (χ1v) is 11.5. The zero-order chi connectivity index (χ0) is 24.1. The highest BCUT2D eigenvalue weighted by molar-refractivity contribution is 6.07.